The Hall–Kier alpha value is -1.84. The van der Waals surface area contributed by atoms with Crippen molar-refractivity contribution in [3.05, 3.63) is 29.3 Å². The van der Waals surface area contributed by atoms with Crippen LogP contribution in [0.15, 0.2) is 18.2 Å². The van der Waals surface area contributed by atoms with Crippen LogP contribution >= 0.6 is 0 Å². The van der Waals surface area contributed by atoms with Crippen LogP contribution in [0.2, 0.25) is 0 Å². The van der Waals surface area contributed by atoms with Gasteiger partial charge in [-0.1, -0.05) is 19.9 Å². The molecule has 1 N–H and O–H groups in total. The largest absolute Gasteiger partial charge is 0.343 e. The van der Waals surface area contributed by atoms with Crippen molar-refractivity contribution in [2.24, 2.45) is 5.92 Å². The van der Waals surface area contributed by atoms with E-state index in [0.29, 0.717) is 0 Å². The minimum absolute atomic E-state index is 0.0220. The number of nitrogens with one attached hydrogen (secondary N) is 1. The molecule has 1 fully saturated rings. The van der Waals surface area contributed by atoms with Gasteiger partial charge in [-0.05, 0) is 55.4 Å². The summed E-state index contributed by atoms with van der Waals surface area (Å²) in [6.07, 6.45) is 3.37. The van der Waals surface area contributed by atoms with Gasteiger partial charge in [-0.3, -0.25) is 14.5 Å². The van der Waals surface area contributed by atoms with Crippen LogP contribution in [0.5, 0.6) is 0 Å². The fourth-order valence-corrected chi connectivity index (χ4v) is 3.42. The van der Waals surface area contributed by atoms with E-state index in [1.807, 2.05) is 19.9 Å². The minimum Gasteiger partial charge on any atom is -0.343 e. The van der Waals surface area contributed by atoms with Crippen LogP contribution in [0.4, 0.5) is 5.69 Å². The summed E-state index contributed by atoms with van der Waals surface area (Å²) in [6.45, 7) is 5.71. The van der Waals surface area contributed by atoms with E-state index < -0.39 is 12.1 Å². The molecule has 4 heteroatoms. The SMILES string of the molecule is CC1NC(=O)C(C(C)C)N(c2ccc3c(c2)CCC3)C1=O. The number of carbonyl (C=O) groups is 2. The molecule has 1 aliphatic carbocycles. The predicted molar refractivity (Wildman–Crippen MR) is 82.2 cm³/mol. The van der Waals surface area contributed by atoms with E-state index in [0.717, 1.165) is 18.5 Å². The lowest BCUT2D eigenvalue weighted by molar-refractivity contribution is -0.134. The molecule has 21 heavy (non-hydrogen) atoms. The van der Waals surface area contributed by atoms with Crippen molar-refractivity contribution in [2.75, 3.05) is 4.90 Å². The summed E-state index contributed by atoms with van der Waals surface area (Å²) in [4.78, 5) is 26.6. The Morgan fingerprint density at radius 2 is 1.90 bits per heavy atom. The number of piperazine rings is 1. The number of anilines is 1. The highest BCUT2D eigenvalue weighted by Crippen LogP contribution is 2.30. The topological polar surface area (TPSA) is 49.4 Å². The number of benzene rings is 1. The second kappa shape index (κ2) is 5.17. The first-order chi connectivity index (χ1) is 9.99. The highest BCUT2D eigenvalue weighted by molar-refractivity contribution is 6.08. The maximum Gasteiger partial charge on any atom is 0.250 e. The molecule has 112 valence electrons. The molecule has 1 saturated heterocycles. The van der Waals surface area contributed by atoms with Crippen molar-refractivity contribution in [1.82, 2.24) is 5.32 Å². The van der Waals surface area contributed by atoms with Crippen molar-refractivity contribution in [3.8, 4) is 0 Å². The van der Waals surface area contributed by atoms with Gasteiger partial charge in [-0.2, -0.15) is 0 Å². The lowest BCUT2D eigenvalue weighted by Crippen LogP contribution is -2.64. The van der Waals surface area contributed by atoms with Gasteiger partial charge in [0.15, 0.2) is 0 Å². The third-order valence-electron chi connectivity index (χ3n) is 4.51. The maximum atomic E-state index is 12.6. The number of aryl methyl sites for hydroxylation is 2. The van der Waals surface area contributed by atoms with Crippen molar-refractivity contribution >= 4 is 17.5 Å². The highest BCUT2D eigenvalue weighted by Gasteiger charge is 2.41. The Labute approximate surface area is 125 Å². The van der Waals surface area contributed by atoms with Gasteiger partial charge in [0.2, 0.25) is 11.8 Å². The van der Waals surface area contributed by atoms with E-state index in [4.69, 9.17) is 0 Å². The summed E-state index contributed by atoms with van der Waals surface area (Å²) < 4.78 is 0. The lowest BCUT2D eigenvalue weighted by atomic mass is 9.96. The standard InChI is InChI=1S/C17H22N2O2/c1-10(2)15-16(20)18-11(3)17(21)19(15)14-8-7-12-5-4-6-13(12)9-14/h7-11,15H,4-6H2,1-3H3,(H,18,20). The Kier molecular flexibility index (Phi) is 3.47. The molecule has 0 radical (unpaired) electrons. The molecule has 0 bridgehead atoms. The first-order valence-corrected chi connectivity index (χ1v) is 7.74. The third kappa shape index (κ3) is 2.33. The Morgan fingerprint density at radius 1 is 1.19 bits per heavy atom. The Bertz CT molecular complexity index is 594. The molecule has 4 nitrogen and oxygen atoms in total. The van der Waals surface area contributed by atoms with Crippen molar-refractivity contribution in [2.45, 2.75) is 52.1 Å². The summed E-state index contributed by atoms with van der Waals surface area (Å²) >= 11 is 0. The smallest absolute Gasteiger partial charge is 0.250 e. The number of amides is 2. The van der Waals surface area contributed by atoms with E-state index in [1.165, 1.54) is 17.5 Å². The first kappa shape index (κ1) is 14.1. The number of fused-ring (bicyclic) bond motifs is 1. The zero-order valence-electron chi connectivity index (χ0n) is 12.8. The van der Waals surface area contributed by atoms with Crippen LogP contribution in [-0.2, 0) is 22.4 Å². The normalized spacial score (nSPS) is 25.2. The molecule has 0 saturated carbocycles. The number of carbonyl (C=O) groups excluding carboxylic acids is 2. The Balaban J connectivity index is 2.03. The number of hydrogen-bond acceptors (Lipinski definition) is 2. The van der Waals surface area contributed by atoms with Crippen LogP contribution in [0.3, 0.4) is 0 Å². The van der Waals surface area contributed by atoms with Gasteiger partial charge >= 0.3 is 0 Å². The minimum atomic E-state index is -0.458. The van der Waals surface area contributed by atoms with Crippen molar-refractivity contribution in [1.29, 1.82) is 0 Å². The zero-order chi connectivity index (χ0) is 15.1. The fourth-order valence-electron chi connectivity index (χ4n) is 3.42. The fraction of sp³-hybridized carbons (Fsp3) is 0.529. The van der Waals surface area contributed by atoms with Crippen LogP contribution in [-0.4, -0.2) is 23.9 Å². The third-order valence-corrected chi connectivity index (χ3v) is 4.51. The Morgan fingerprint density at radius 3 is 2.62 bits per heavy atom. The van der Waals surface area contributed by atoms with Gasteiger partial charge in [-0.15, -0.1) is 0 Å². The van der Waals surface area contributed by atoms with Crippen LogP contribution in [0.1, 0.15) is 38.3 Å². The van der Waals surface area contributed by atoms with Gasteiger partial charge in [0.1, 0.15) is 12.1 Å². The quantitative estimate of drug-likeness (QED) is 0.904. The van der Waals surface area contributed by atoms with Gasteiger partial charge in [0.05, 0.1) is 0 Å². The summed E-state index contributed by atoms with van der Waals surface area (Å²) in [6, 6.07) is 5.32. The average Bonchev–Trinajstić information content (AvgIpc) is 2.89. The van der Waals surface area contributed by atoms with Gasteiger partial charge in [0, 0.05) is 5.69 Å². The van der Waals surface area contributed by atoms with E-state index >= 15 is 0 Å². The second-order valence-corrected chi connectivity index (χ2v) is 6.43. The molecule has 3 rings (SSSR count). The van der Waals surface area contributed by atoms with Crippen molar-refractivity contribution < 1.29 is 9.59 Å². The van der Waals surface area contributed by atoms with E-state index in [-0.39, 0.29) is 17.7 Å². The summed E-state index contributed by atoms with van der Waals surface area (Å²) in [5, 5.41) is 2.78. The molecular formula is C17H22N2O2. The van der Waals surface area contributed by atoms with Crippen LogP contribution in [0, 0.1) is 5.92 Å². The molecule has 0 spiro atoms. The van der Waals surface area contributed by atoms with Crippen molar-refractivity contribution in [3.63, 3.8) is 0 Å². The summed E-state index contributed by atoms with van der Waals surface area (Å²) in [5.41, 5.74) is 3.56. The molecule has 1 heterocycles. The monoisotopic (exact) mass is 286 g/mol. The number of hydrogen-bond donors (Lipinski definition) is 1. The van der Waals surface area contributed by atoms with E-state index in [2.05, 4.69) is 17.4 Å². The van der Waals surface area contributed by atoms with Gasteiger partial charge in [-0.25, -0.2) is 0 Å². The van der Waals surface area contributed by atoms with Gasteiger partial charge < -0.3 is 5.32 Å². The predicted octanol–water partition coefficient (Wildman–Crippen LogP) is 2.05. The molecular weight excluding hydrogens is 264 g/mol. The van der Waals surface area contributed by atoms with Crippen LogP contribution < -0.4 is 10.2 Å². The lowest BCUT2D eigenvalue weighted by Gasteiger charge is -2.40. The first-order valence-electron chi connectivity index (χ1n) is 7.74. The van der Waals surface area contributed by atoms with Gasteiger partial charge in [0.25, 0.3) is 0 Å². The second-order valence-electron chi connectivity index (χ2n) is 6.43. The van der Waals surface area contributed by atoms with E-state index in [1.54, 1.807) is 11.8 Å². The number of nitrogens with zero attached hydrogens (tertiary/aromatic N) is 1. The molecule has 2 aliphatic rings. The van der Waals surface area contributed by atoms with Crippen LogP contribution in [0.25, 0.3) is 0 Å². The molecule has 0 aromatic heterocycles. The number of rotatable bonds is 2. The highest BCUT2D eigenvalue weighted by atomic mass is 16.2. The summed E-state index contributed by atoms with van der Waals surface area (Å²) in [5.74, 6) is -0.00134. The molecule has 2 atom stereocenters. The maximum absolute atomic E-state index is 12.6. The molecule has 2 unspecified atom stereocenters. The molecule has 1 aromatic carbocycles. The average molecular weight is 286 g/mol. The molecule has 2 amide bonds. The zero-order valence-corrected chi connectivity index (χ0v) is 12.8. The molecule has 1 aromatic rings. The molecule has 1 aliphatic heterocycles. The summed E-state index contributed by atoms with van der Waals surface area (Å²) in [7, 11) is 0. The van der Waals surface area contributed by atoms with E-state index in [9.17, 15) is 9.59 Å².